The molecule has 2 aromatic rings. The number of hydrogen-bond acceptors (Lipinski definition) is 5. The number of nitrogen functional groups attached to an aromatic ring is 1. The van der Waals surface area contributed by atoms with E-state index >= 15 is 0 Å². The van der Waals surface area contributed by atoms with Gasteiger partial charge in [-0.2, -0.15) is 5.10 Å². The number of aryl methyl sites for hydroxylation is 1. The zero-order chi connectivity index (χ0) is 14.5. The molecule has 0 saturated carbocycles. The maximum absolute atomic E-state index is 12.0. The van der Waals surface area contributed by atoms with E-state index in [0.717, 1.165) is 0 Å². The summed E-state index contributed by atoms with van der Waals surface area (Å²) in [6.45, 7) is 5.00. The number of carbonyl (C=O) groups excluding carboxylic acids is 1. The number of nitrogens with one attached hydrogen (secondary N) is 1. The fraction of sp³-hybridized carbons (Fsp3) is 0.308. The molecule has 0 aliphatic heterocycles. The molecule has 0 saturated heterocycles. The average Bonchev–Trinajstić information content (AvgIpc) is 2.83. The van der Waals surface area contributed by atoms with E-state index in [1.165, 1.54) is 6.20 Å². The van der Waals surface area contributed by atoms with E-state index in [0.29, 0.717) is 30.4 Å². The topological polar surface area (TPSA) is 95.1 Å². The highest BCUT2D eigenvalue weighted by atomic mass is 16.5. The van der Waals surface area contributed by atoms with E-state index in [9.17, 15) is 4.79 Å². The van der Waals surface area contributed by atoms with Gasteiger partial charge in [-0.05, 0) is 19.9 Å². The third-order valence-corrected chi connectivity index (χ3v) is 2.62. The van der Waals surface area contributed by atoms with Crippen molar-refractivity contribution in [2.75, 3.05) is 17.7 Å². The third-order valence-electron chi connectivity index (χ3n) is 2.62. The normalized spacial score (nSPS) is 10.3. The van der Waals surface area contributed by atoms with Gasteiger partial charge in [0, 0.05) is 18.8 Å². The van der Waals surface area contributed by atoms with Crippen molar-refractivity contribution in [2.24, 2.45) is 0 Å². The summed E-state index contributed by atoms with van der Waals surface area (Å²) in [6, 6.07) is 3.40. The predicted molar refractivity (Wildman–Crippen MR) is 75.7 cm³/mol. The van der Waals surface area contributed by atoms with Crippen molar-refractivity contribution in [2.45, 2.75) is 20.4 Å². The number of carbonyl (C=O) groups is 1. The van der Waals surface area contributed by atoms with E-state index in [-0.39, 0.29) is 11.6 Å². The molecule has 0 aliphatic rings. The van der Waals surface area contributed by atoms with Gasteiger partial charge >= 0.3 is 0 Å². The third kappa shape index (κ3) is 3.05. The van der Waals surface area contributed by atoms with Crippen LogP contribution in [-0.2, 0) is 6.54 Å². The molecule has 20 heavy (non-hydrogen) atoms. The highest BCUT2D eigenvalue weighted by Gasteiger charge is 2.14. The first-order valence-corrected chi connectivity index (χ1v) is 6.37. The molecule has 2 rings (SSSR count). The Kier molecular flexibility index (Phi) is 4.19. The smallest absolute Gasteiger partial charge is 0.278 e. The van der Waals surface area contributed by atoms with Crippen molar-refractivity contribution in [3.05, 3.63) is 30.2 Å². The summed E-state index contributed by atoms with van der Waals surface area (Å²) in [5.74, 6) is 0.154. The lowest BCUT2D eigenvalue weighted by molar-refractivity contribution is 0.102. The second-order valence-corrected chi connectivity index (χ2v) is 4.06. The van der Waals surface area contributed by atoms with Crippen LogP contribution in [0.2, 0.25) is 0 Å². The average molecular weight is 275 g/mol. The van der Waals surface area contributed by atoms with E-state index in [4.69, 9.17) is 10.5 Å². The zero-order valence-electron chi connectivity index (χ0n) is 11.5. The van der Waals surface area contributed by atoms with Crippen LogP contribution in [0, 0.1) is 0 Å². The lowest BCUT2D eigenvalue weighted by Crippen LogP contribution is -2.15. The lowest BCUT2D eigenvalue weighted by Gasteiger charge is -2.05. The highest BCUT2D eigenvalue weighted by Crippen LogP contribution is 2.15. The van der Waals surface area contributed by atoms with Crippen molar-refractivity contribution in [3.63, 3.8) is 0 Å². The molecule has 0 unspecified atom stereocenters. The molecular weight excluding hydrogens is 258 g/mol. The fourth-order valence-electron chi connectivity index (χ4n) is 1.65. The largest absolute Gasteiger partial charge is 0.478 e. The maximum Gasteiger partial charge on any atom is 0.278 e. The van der Waals surface area contributed by atoms with Gasteiger partial charge in [-0.3, -0.25) is 9.48 Å². The number of ether oxygens (including phenoxy) is 1. The Morgan fingerprint density at radius 2 is 2.25 bits per heavy atom. The second-order valence-electron chi connectivity index (χ2n) is 4.06. The molecule has 1 amide bonds. The molecule has 0 bridgehead atoms. The van der Waals surface area contributed by atoms with Crippen molar-refractivity contribution < 1.29 is 9.53 Å². The number of pyridine rings is 1. The van der Waals surface area contributed by atoms with E-state index in [2.05, 4.69) is 15.4 Å². The van der Waals surface area contributed by atoms with Gasteiger partial charge in [-0.1, -0.05) is 0 Å². The Balaban J connectivity index is 2.08. The molecule has 0 atom stereocenters. The van der Waals surface area contributed by atoms with Crippen LogP contribution in [0.25, 0.3) is 0 Å². The highest BCUT2D eigenvalue weighted by molar-refractivity contribution is 6.06. The molecule has 2 heterocycles. The minimum absolute atomic E-state index is 0.209. The Labute approximate surface area is 116 Å². The van der Waals surface area contributed by atoms with Gasteiger partial charge in [0.15, 0.2) is 5.69 Å². The van der Waals surface area contributed by atoms with Crippen LogP contribution in [0.15, 0.2) is 24.5 Å². The van der Waals surface area contributed by atoms with Crippen LogP contribution >= 0.6 is 0 Å². The number of rotatable bonds is 5. The van der Waals surface area contributed by atoms with Gasteiger partial charge in [0.2, 0.25) is 5.88 Å². The Morgan fingerprint density at radius 1 is 1.45 bits per heavy atom. The minimum Gasteiger partial charge on any atom is -0.478 e. The molecule has 2 aromatic heterocycles. The summed E-state index contributed by atoms with van der Waals surface area (Å²) in [5, 5.41) is 6.80. The van der Waals surface area contributed by atoms with Gasteiger partial charge in [-0.25, -0.2) is 4.98 Å². The van der Waals surface area contributed by atoms with Gasteiger partial charge < -0.3 is 15.8 Å². The van der Waals surface area contributed by atoms with Crippen LogP contribution in [0.3, 0.4) is 0 Å². The van der Waals surface area contributed by atoms with Crippen LogP contribution < -0.4 is 15.8 Å². The summed E-state index contributed by atoms with van der Waals surface area (Å²) in [4.78, 5) is 16.1. The standard InChI is InChI=1S/C13H17N5O2/c1-3-18-8-10(14)12(17-18)13(19)16-9-5-6-11(15-7-9)20-4-2/h5-8H,3-4,14H2,1-2H3,(H,16,19). The molecule has 0 spiro atoms. The Bertz CT molecular complexity index is 591. The molecule has 0 aliphatic carbocycles. The van der Waals surface area contributed by atoms with Gasteiger partial charge in [0.1, 0.15) is 0 Å². The van der Waals surface area contributed by atoms with E-state index < -0.39 is 0 Å². The molecule has 0 aromatic carbocycles. The minimum atomic E-state index is -0.361. The maximum atomic E-state index is 12.0. The first-order valence-electron chi connectivity index (χ1n) is 6.37. The first kappa shape index (κ1) is 13.9. The Hall–Kier alpha value is -2.57. The van der Waals surface area contributed by atoms with Crippen molar-refractivity contribution in [1.82, 2.24) is 14.8 Å². The number of hydrogen-bond donors (Lipinski definition) is 2. The molecule has 7 heteroatoms. The lowest BCUT2D eigenvalue weighted by atomic mass is 10.3. The summed E-state index contributed by atoms with van der Waals surface area (Å²) < 4.78 is 6.84. The van der Waals surface area contributed by atoms with Crippen LogP contribution in [0.4, 0.5) is 11.4 Å². The summed E-state index contributed by atoms with van der Waals surface area (Å²) in [6.07, 6.45) is 3.15. The van der Waals surface area contributed by atoms with Crippen molar-refractivity contribution >= 4 is 17.3 Å². The van der Waals surface area contributed by atoms with Crippen molar-refractivity contribution in [3.8, 4) is 5.88 Å². The number of nitrogens with zero attached hydrogens (tertiary/aromatic N) is 3. The van der Waals surface area contributed by atoms with Gasteiger partial charge in [-0.15, -0.1) is 0 Å². The van der Waals surface area contributed by atoms with E-state index in [1.807, 2.05) is 13.8 Å². The molecule has 3 N–H and O–H groups in total. The van der Waals surface area contributed by atoms with Crippen molar-refractivity contribution in [1.29, 1.82) is 0 Å². The number of anilines is 2. The first-order chi connectivity index (χ1) is 9.63. The quantitative estimate of drug-likeness (QED) is 0.862. The van der Waals surface area contributed by atoms with Crippen LogP contribution in [0.1, 0.15) is 24.3 Å². The molecule has 0 radical (unpaired) electrons. The van der Waals surface area contributed by atoms with Gasteiger partial charge in [0.25, 0.3) is 5.91 Å². The second kappa shape index (κ2) is 6.05. The monoisotopic (exact) mass is 275 g/mol. The van der Waals surface area contributed by atoms with Crippen LogP contribution in [-0.4, -0.2) is 27.3 Å². The number of nitrogens with two attached hydrogens (primary N) is 1. The Morgan fingerprint density at radius 3 is 2.80 bits per heavy atom. The predicted octanol–water partition coefficient (Wildman–Crippen LogP) is 1.53. The summed E-state index contributed by atoms with van der Waals surface area (Å²) in [5.41, 5.74) is 6.87. The van der Waals surface area contributed by atoms with E-state index in [1.54, 1.807) is 23.0 Å². The SMILES string of the molecule is CCOc1ccc(NC(=O)c2nn(CC)cc2N)cn1. The number of aromatic nitrogens is 3. The zero-order valence-corrected chi connectivity index (χ0v) is 11.5. The molecular formula is C13H17N5O2. The molecule has 7 nitrogen and oxygen atoms in total. The fourth-order valence-corrected chi connectivity index (χ4v) is 1.65. The molecule has 106 valence electrons. The van der Waals surface area contributed by atoms with Crippen LogP contribution in [0.5, 0.6) is 5.88 Å². The summed E-state index contributed by atoms with van der Waals surface area (Å²) >= 11 is 0. The van der Waals surface area contributed by atoms with Gasteiger partial charge in [0.05, 0.1) is 24.2 Å². The molecule has 0 fully saturated rings. The number of amides is 1. The summed E-state index contributed by atoms with van der Waals surface area (Å²) in [7, 11) is 0.